The summed E-state index contributed by atoms with van der Waals surface area (Å²) in [7, 11) is 1.37. The summed E-state index contributed by atoms with van der Waals surface area (Å²) in [4.78, 5) is 21.7. The zero-order chi connectivity index (χ0) is 16.0. The molecule has 0 aromatic heterocycles. The number of carbonyl (C=O) groups is 2. The smallest absolute Gasteiger partial charge is 0.332 e. The van der Waals surface area contributed by atoms with E-state index in [4.69, 9.17) is 14.9 Å². The standard InChI is InChI=1S/C15H16O6/c1-3-4-10-5-9(7-12(21-2)14(10)18)6-11(15(19)20)8-13(16)17/h3,5-7,18H,1,4,8H2,2H3,(H,16,17)(H,19,20)/b11-6-. The normalized spacial score (nSPS) is 11.0. The highest BCUT2D eigenvalue weighted by Gasteiger charge is 2.14. The highest BCUT2D eigenvalue weighted by molar-refractivity contribution is 5.96. The van der Waals surface area contributed by atoms with Crippen molar-refractivity contribution in [3.63, 3.8) is 0 Å². The fourth-order valence-corrected chi connectivity index (χ4v) is 1.79. The largest absolute Gasteiger partial charge is 0.504 e. The Morgan fingerprint density at radius 2 is 2.00 bits per heavy atom. The summed E-state index contributed by atoms with van der Waals surface area (Å²) in [6.45, 7) is 3.57. The fourth-order valence-electron chi connectivity index (χ4n) is 1.79. The number of rotatable bonds is 7. The Hall–Kier alpha value is -2.76. The minimum atomic E-state index is -1.31. The number of ether oxygens (including phenoxy) is 1. The summed E-state index contributed by atoms with van der Waals surface area (Å²) in [5.74, 6) is -2.42. The van der Waals surface area contributed by atoms with Crippen LogP contribution in [0, 0.1) is 0 Å². The van der Waals surface area contributed by atoms with Crippen LogP contribution in [-0.4, -0.2) is 34.4 Å². The van der Waals surface area contributed by atoms with Gasteiger partial charge in [0.15, 0.2) is 11.5 Å². The molecule has 0 amide bonds. The van der Waals surface area contributed by atoms with E-state index in [1.165, 1.54) is 19.3 Å². The van der Waals surface area contributed by atoms with Gasteiger partial charge in [0.05, 0.1) is 13.5 Å². The van der Waals surface area contributed by atoms with E-state index >= 15 is 0 Å². The number of aliphatic carboxylic acids is 2. The van der Waals surface area contributed by atoms with Gasteiger partial charge in [0, 0.05) is 11.1 Å². The molecule has 0 bridgehead atoms. The van der Waals surface area contributed by atoms with Crippen LogP contribution < -0.4 is 4.74 Å². The molecule has 0 unspecified atom stereocenters. The van der Waals surface area contributed by atoms with Gasteiger partial charge < -0.3 is 20.1 Å². The van der Waals surface area contributed by atoms with Crippen LogP contribution in [0.2, 0.25) is 0 Å². The van der Waals surface area contributed by atoms with Crippen LogP contribution in [0.4, 0.5) is 0 Å². The molecule has 0 saturated carbocycles. The van der Waals surface area contributed by atoms with Crippen LogP contribution in [0.1, 0.15) is 17.5 Å². The van der Waals surface area contributed by atoms with E-state index in [2.05, 4.69) is 6.58 Å². The summed E-state index contributed by atoms with van der Waals surface area (Å²) in [6, 6.07) is 3.00. The Bertz CT molecular complexity index is 600. The van der Waals surface area contributed by atoms with Gasteiger partial charge in [-0.05, 0) is 30.2 Å². The van der Waals surface area contributed by atoms with Crippen molar-refractivity contribution < 1.29 is 29.6 Å². The molecule has 0 aliphatic rings. The Morgan fingerprint density at radius 3 is 2.48 bits per heavy atom. The molecule has 0 saturated heterocycles. The quantitative estimate of drug-likeness (QED) is 0.525. The molecule has 0 radical (unpaired) electrons. The van der Waals surface area contributed by atoms with Crippen molar-refractivity contribution in [2.45, 2.75) is 12.8 Å². The molecule has 3 N–H and O–H groups in total. The van der Waals surface area contributed by atoms with Crippen LogP contribution in [0.5, 0.6) is 11.5 Å². The van der Waals surface area contributed by atoms with Crippen molar-refractivity contribution in [2.75, 3.05) is 7.11 Å². The number of benzene rings is 1. The van der Waals surface area contributed by atoms with Gasteiger partial charge in [0.2, 0.25) is 0 Å². The summed E-state index contributed by atoms with van der Waals surface area (Å²) in [5, 5.41) is 27.7. The number of carboxylic acids is 2. The minimum Gasteiger partial charge on any atom is -0.504 e. The molecule has 21 heavy (non-hydrogen) atoms. The first kappa shape index (κ1) is 16.3. The lowest BCUT2D eigenvalue weighted by atomic mass is 10.0. The molecule has 0 spiro atoms. The summed E-state index contributed by atoms with van der Waals surface area (Å²) >= 11 is 0. The van der Waals surface area contributed by atoms with Crippen molar-refractivity contribution in [3.8, 4) is 11.5 Å². The van der Waals surface area contributed by atoms with Gasteiger partial charge in [-0.2, -0.15) is 0 Å². The molecule has 0 atom stereocenters. The molecule has 1 rings (SSSR count). The maximum Gasteiger partial charge on any atom is 0.332 e. The van der Waals surface area contributed by atoms with Gasteiger partial charge in [-0.3, -0.25) is 4.79 Å². The maximum absolute atomic E-state index is 11.0. The molecule has 0 fully saturated rings. The number of allylic oxidation sites excluding steroid dienone is 1. The van der Waals surface area contributed by atoms with Gasteiger partial charge >= 0.3 is 11.9 Å². The van der Waals surface area contributed by atoms with E-state index in [-0.39, 0.29) is 17.1 Å². The van der Waals surface area contributed by atoms with Crippen LogP contribution >= 0.6 is 0 Å². The minimum absolute atomic E-state index is 0.0512. The van der Waals surface area contributed by atoms with Crippen LogP contribution in [-0.2, 0) is 16.0 Å². The maximum atomic E-state index is 11.0. The molecule has 0 heterocycles. The number of hydrogen-bond donors (Lipinski definition) is 3. The van der Waals surface area contributed by atoms with Crippen molar-refractivity contribution in [1.82, 2.24) is 0 Å². The van der Waals surface area contributed by atoms with E-state index in [9.17, 15) is 14.7 Å². The molecule has 1 aromatic carbocycles. The van der Waals surface area contributed by atoms with E-state index in [0.29, 0.717) is 17.5 Å². The summed E-state index contributed by atoms with van der Waals surface area (Å²) in [5.41, 5.74) is 0.676. The van der Waals surface area contributed by atoms with Gasteiger partial charge in [-0.25, -0.2) is 4.79 Å². The van der Waals surface area contributed by atoms with E-state index in [1.807, 2.05) is 0 Å². The Labute approximate surface area is 121 Å². The van der Waals surface area contributed by atoms with E-state index in [0.717, 1.165) is 0 Å². The predicted molar refractivity (Wildman–Crippen MR) is 76.4 cm³/mol. The first-order valence-corrected chi connectivity index (χ1v) is 6.05. The van der Waals surface area contributed by atoms with E-state index < -0.39 is 18.4 Å². The van der Waals surface area contributed by atoms with Crippen LogP contribution in [0.25, 0.3) is 6.08 Å². The average Bonchev–Trinajstić information content (AvgIpc) is 2.41. The molecule has 6 nitrogen and oxygen atoms in total. The second-order valence-electron chi connectivity index (χ2n) is 4.27. The summed E-state index contributed by atoms with van der Waals surface area (Å²) in [6.07, 6.45) is 2.59. The third kappa shape index (κ3) is 4.38. The van der Waals surface area contributed by atoms with Gasteiger partial charge in [-0.15, -0.1) is 6.58 Å². The third-order valence-electron chi connectivity index (χ3n) is 2.72. The number of hydrogen-bond acceptors (Lipinski definition) is 4. The molecular weight excluding hydrogens is 276 g/mol. The molecule has 1 aromatic rings. The van der Waals surface area contributed by atoms with Gasteiger partial charge in [-0.1, -0.05) is 6.08 Å². The van der Waals surface area contributed by atoms with Gasteiger partial charge in [0.25, 0.3) is 0 Å². The second-order valence-corrected chi connectivity index (χ2v) is 4.27. The predicted octanol–water partition coefficient (Wildman–Crippen LogP) is 2.07. The Morgan fingerprint density at radius 1 is 1.33 bits per heavy atom. The zero-order valence-corrected chi connectivity index (χ0v) is 11.5. The Balaban J connectivity index is 3.33. The number of phenolic OH excluding ortho intramolecular Hbond substituents is 1. The van der Waals surface area contributed by atoms with E-state index in [1.54, 1.807) is 12.1 Å². The van der Waals surface area contributed by atoms with Crippen LogP contribution in [0.15, 0.2) is 30.4 Å². The van der Waals surface area contributed by atoms with Crippen LogP contribution in [0.3, 0.4) is 0 Å². The molecule has 0 aliphatic heterocycles. The monoisotopic (exact) mass is 292 g/mol. The lowest BCUT2D eigenvalue weighted by Crippen LogP contribution is -2.06. The van der Waals surface area contributed by atoms with Crippen molar-refractivity contribution >= 4 is 18.0 Å². The SMILES string of the molecule is C=CCc1cc(/C=C(/CC(=O)O)C(=O)O)cc(OC)c1O. The molecular formula is C15H16O6. The average molecular weight is 292 g/mol. The first-order valence-electron chi connectivity index (χ1n) is 6.05. The topological polar surface area (TPSA) is 104 Å². The molecule has 0 aliphatic carbocycles. The lowest BCUT2D eigenvalue weighted by molar-refractivity contribution is -0.139. The third-order valence-corrected chi connectivity index (χ3v) is 2.72. The molecule has 112 valence electrons. The second kappa shape index (κ2) is 7.14. The lowest BCUT2D eigenvalue weighted by Gasteiger charge is -2.10. The summed E-state index contributed by atoms with van der Waals surface area (Å²) < 4.78 is 5.02. The zero-order valence-electron chi connectivity index (χ0n) is 11.5. The van der Waals surface area contributed by atoms with Crippen molar-refractivity contribution in [1.29, 1.82) is 0 Å². The highest BCUT2D eigenvalue weighted by Crippen LogP contribution is 2.33. The number of aromatic hydroxyl groups is 1. The van der Waals surface area contributed by atoms with Gasteiger partial charge in [0.1, 0.15) is 0 Å². The fraction of sp³-hybridized carbons (Fsp3) is 0.200. The number of carboxylic acid groups (broad SMARTS) is 2. The molecule has 6 heteroatoms. The van der Waals surface area contributed by atoms with Crippen molar-refractivity contribution in [2.24, 2.45) is 0 Å². The Kier molecular flexibility index (Phi) is 5.54. The number of phenols is 1. The first-order chi connectivity index (χ1) is 9.88. The highest BCUT2D eigenvalue weighted by atomic mass is 16.5. The number of methoxy groups -OCH3 is 1. The van der Waals surface area contributed by atoms with Crippen molar-refractivity contribution in [3.05, 3.63) is 41.5 Å².